The molecule has 0 radical (unpaired) electrons. The Morgan fingerprint density at radius 1 is 0.933 bits per heavy atom. The van der Waals surface area contributed by atoms with Gasteiger partial charge in [-0.05, 0) is 30.5 Å². The molecule has 0 saturated carbocycles. The molecule has 0 bridgehead atoms. The maximum Gasteiger partial charge on any atom is 0.311 e. The number of hydrogen-bond donors (Lipinski definition) is 1. The zero-order valence-corrected chi connectivity index (χ0v) is 16.5. The summed E-state index contributed by atoms with van der Waals surface area (Å²) in [5.74, 6) is -1.50. The molecule has 0 amide bonds. The Morgan fingerprint density at radius 2 is 1.40 bits per heavy atom. The fourth-order valence-electron chi connectivity index (χ4n) is 2.40. The molecule has 0 aliphatic rings. The summed E-state index contributed by atoms with van der Waals surface area (Å²) in [4.78, 5) is 41.6. The van der Waals surface area contributed by atoms with Crippen LogP contribution in [-0.2, 0) is 9.59 Å². The van der Waals surface area contributed by atoms with Gasteiger partial charge in [-0.15, -0.1) is 0 Å². The van der Waals surface area contributed by atoms with Crippen LogP contribution in [0.1, 0.15) is 44.6 Å². The van der Waals surface area contributed by atoms with E-state index in [-0.39, 0.29) is 17.3 Å². The fourth-order valence-corrected chi connectivity index (χ4v) is 2.40. The van der Waals surface area contributed by atoms with E-state index >= 15 is 0 Å². The molecule has 1 unspecified atom stereocenters. The van der Waals surface area contributed by atoms with Crippen LogP contribution in [0.25, 0.3) is 0 Å². The van der Waals surface area contributed by atoms with E-state index in [4.69, 9.17) is 9.84 Å². The Bertz CT molecular complexity index is 877. The Labute approximate surface area is 172 Å². The van der Waals surface area contributed by atoms with Crippen molar-refractivity contribution in [2.24, 2.45) is 0 Å². The number of hydrogen-bond acceptors (Lipinski definition) is 7. The molecule has 160 valence electrons. The SMILES string of the molecule is CCC(C(=O)O)c1ccc([N+](=O)[O-])cc1.CCCC(=O)Oc1ccc([N+](=O)[O-])cc1. The molecule has 2 aromatic carbocycles. The number of non-ortho nitro benzene ring substituents is 2. The maximum atomic E-state index is 11.1. The number of carbonyl (C=O) groups excluding carboxylic acids is 1. The Kier molecular flexibility index (Phi) is 9.60. The molecule has 0 saturated heterocycles. The number of ether oxygens (including phenoxy) is 1. The molecule has 0 fully saturated rings. The number of nitrogens with zero attached hydrogens (tertiary/aromatic N) is 2. The first kappa shape index (κ1) is 24.2. The highest BCUT2D eigenvalue weighted by Crippen LogP contribution is 2.22. The van der Waals surface area contributed by atoms with Crippen LogP contribution in [0, 0.1) is 20.2 Å². The number of carboxylic acid groups (broad SMARTS) is 1. The first-order valence-electron chi connectivity index (χ1n) is 9.11. The minimum atomic E-state index is -0.911. The zero-order chi connectivity index (χ0) is 22.7. The molecule has 0 spiro atoms. The number of aliphatic carboxylic acids is 1. The van der Waals surface area contributed by atoms with Crippen molar-refractivity contribution in [1.29, 1.82) is 0 Å². The van der Waals surface area contributed by atoms with Crippen LogP contribution in [0.15, 0.2) is 48.5 Å². The van der Waals surface area contributed by atoms with Gasteiger partial charge in [0.1, 0.15) is 5.75 Å². The van der Waals surface area contributed by atoms with Gasteiger partial charge in [-0.2, -0.15) is 0 Å². The third kappa shape index (κ3) is 7.66. The van der Waals surface area contributed by atoms with E-state index in [2.05, 4.69) is 0 Å². The second-order valence-electron chi connectivity index (χ2n) is 6.12. The van der Waals surface area contributed by atoms with Crippen molar-refractivity contribution in [1.82, 2.24) is 0 Å². The van der Waals surface area contributed by atoms with Crippen LogP contribution in [0.4, 0.5) is 11.4 Å². The van der Waals surface area contributed by atoms with Crippen molar-refractivity contribution in [2.75, 3.05) is 0 Å². The van der Waals surface area contributed by atoms with E-state index < -0.39 is 21.7 Å². The second-order valence-corrected chi connectivity index (χ2v) is 6.12. The van der Waals surface area contributed by atoms with Crippen molar-refractivity contribution in [3.63, 3.8) is 0 Å². The van der Waals surface area contributed by atoms with Crippen LogP contribution < -0.4 is 4.74 Å². The lowest BCUT2D eigenvalue weighted by Gasteiger charge is -2.08. The van der Waals surface area contributed by atoms with Gasteiger partial charge < -0.3 is 9.84 Å². The minimum absolute atomic E-state index is 0.0229. The zero-order valence-electron chi connectivity index (χ0n) is 16.5. The summed E-state index contributed by atoms with van der Waals surface area (Å²) < 4.78 is 4.93. The van der Waals surface area contributed by atoms with Crippen LogP contribution in [0.5, 0.6) is 5.75 Å². The molecule has 1 atom stereocenters. The van der Waals surface area contributed by atoms with Crippen LogP contribution in [0.3, 0.4) is 0 Å². The fraction of sp³-hybridized carbons (Fsp3) is 0.300. The maximum absolute atomic E-state index is 11.1. The number of nitro benzene ring substituents is 2. The van der Waals surface area contributed by atoms with Crippen molar-refractivity contribution in [3.05, 3.63) is 74.3 Å². The lowest BCUT2D eigenvalue weighted by Crippen LogP contribution is -2.10. The lowest BCUT2D eigenvalue weighted by atomic mass is 9.97. The summed E-state index contributed by atoms with van der Waals surface area (Å²) in [6.07, 6.45) is 1.52. The molecule has 0 aliphatic heterocycles. The molecule has 0 aromatic heterocycles. The quantitative estimate of drug-likeness (QED) is 0.285. The van der Waals surface area contributed by atoms with Gasteiger partial charge in [-0.25, -0.2) is 0 Å². The average molecular weight is 418 g/mol. The van der Waals surface area contributed by atoms with Crippen LogP contribution in [-0.4, -0.2) is 26.9 Å². The van der Waals surface area contributed by atoms with Gasteiger partial charge in [0, 0.05) is 30.7 Å². The van der Waals surface area contributed by atoms with E-state index in [1.165, 1.54) is 48.5 Å². The topological polar surface area (TPSA) is 150 Å². The summed E-state index contributed by atoms with van der Waals surface area (Å²) in [6, 6.07) is 11.0. The molecule has 2 rings (SSSR count). The number of benzene rings is 2. The predicted molar refractivity (Wildman–Crippen MR) is 107 cm³/mol. The van der Waals surface area contributed by atoms with Crippen molar-refractivity contribution < 1.29 is 29.3 Å². The van der Waals surface area contributed by atoms with Crippen molar-refractivity contribution >= 4 is 23.3 Å². The lowest BCUT2D eigenvalue weighted by molar-refractivity contribution is -0.385. The molecule has 10 heteroatoms. The summed E-state index contributed by atoms with van der Waals surface area (Å²) >= 11 is 0. The smallest absolute Gasteiger partial charge is 0.311 e. The van der Waals surface area contributed by atoms with Gasteiger partial charge >= 0.3 is 11.9 Å². The van der Waals surface area contributed by atoms with Gasteiger partial charge in [0.15, 0.2) is 0 Å². The van der Waals surface area contributed by atoms with Gasteiger partial charge in [-0.3, -0.25) is 29.8 Å². The molecular weight excluding hydrogens is 396 g/mol. The van der Waals surface area contributed by atoms with Gasteiger partial charge in [-0.1, -0.05) is 26.0 Å². The number of carbonyl (C=O) groups is 2. The Morgan fingerprint density at radius 3 is 1.77 bits per heavy atom. The molecule has 10 nitrogen and oxygen atoms in total. The van der Waals surface area contributed by atoms with E-state index in [0.29, 0.717) is 30.6 Å². The average Bonchev–Trinajstić information content (AvgIpc) is 2.69. The first-order chi connectivity index (χ1) is 14.2. The molecule has 30 heavy (non-hydrogen) atoms. The van der Waals surface area contributed by atoms with Crippen LogP contribution >= 0.6 is 0 Å². The predicted octanol–water partition coefficient (Wildman–Crippen LogP) is 4.47. The minimum Gasteiger partial charge on any atom is -0.481 e. The Hall–Kier alpha value is -3.82. The second kappa shape index (κ2) is 11.9. The first-order valence-corrected chi connectivity index (χ1v) is 9.11. The van der Waals surface area contributed by atoms with Gasteiger partial charge in [0.2, 0.25) is 0 Å². The van der Waals surface area contributed by atoms with E-state index in [1.807, 2.05) is 6.92 Å². The Balaban J connectivity index is 0.000000300. The number of rotatable bonds is 8. The molecular formula is C20H22N2O8. The van der Waals surface area contributed by atoms with Crippen molar-refractivity contribution in [3.8, 4) is 5.75 Å². The molecule has 0 aliphatic carbocycles. The normalized spacial score (nSPS) is 10.9. The summed E-state index contributed by atoms with van der Waals surface area (Å²) in [5, 5.41) is 29.6. The molecule has 2 aromatic rings. The van der Waals surface area contributed by atoms with Gasteiger partial charge in [0.25, 0.3) is 11.4 Å². The van der Waals surface area contributed by atoms with Crippen LogP contribution in [0.2, 0.25) is 0 Å². The number of carboxylic acids is 1. The highest BCUT2D eigenvalue weighted by molar-refractivity contribution is 5.76. The largest absolute Gasteiger partial charge is 0.481 e. The van der Waals surface area contributed by atoms with E-state index in [1.54, 1.807) is 6.92 Å². The monoisotopic (exact) mass is 418 g/mol. The summed E-state index contributed by atoms with van der Waals surface area (Å²) in [6.45, 7) is 3.64. The highest BCUT2D eigenvalue weighted by atomic mass is 16.6. The van der Waals surface area contributed by atoms with Crippen molar-refractivity contribution in [2.45, 2.75) is 39.0 Å². The highest BCUT2D eigenvalue weighted by Gasteiger charge is 2.18. The number of esters is 1. The molecule has 1 N–H and O–H groups in total. The molecule has 0 heterocycles. The van der Waals surface area contributed by atoms with E-state index in [9.17, 15) is 29.8 Å². The standard InChI is InChI=1S/2C10H11NO4/c1-2-9(10(12)13)7-3-5-8(6-4-7)11(14)15;1-2-3-10(12)15-9-6-4-8(5-7-9)11(13)14/h3-6,9H,2H2,1H3,(H,12,13);4-7H,2-3H2,1H3. The third-order valence-electron chi connectivity index (χ3n) is 3.95. The third-order valence-corrected chi connectivity index (χ3v) is 3.95. The summed E-state index contributed by atoms with van der Waals surface area (Å²) in [7, 11) is 0. The number of nitro groups is 2. The van der Waals surface area contributed by atoms with Gasteiger partial charge in [0.05, 0.1) is 15.8 Å². The summed E-state index contributed by atoms with van der Waals surface area (Å²) in [5.41, 5.74) is 0.542. The van der Waals surface area contributed by atoms with E-state index in [0.717, 1.165) is 0 Å².